The number of nitrogens with one attached hydrogen (secondary N) is 1. The van der Waals surface area contributed by atoms with Gasteiger partial charge in [0.15, 0.2) is 0 Å². The average molecular weight is 959 g/mol. The first-order valence-electron chi connectivity index (χ1n) is 30.6. The van der Waals surface area contributed by atoms with Crippen molar-refractivity contribution in [2.75, 3.05) is 13.2 Å². The van der Waals surface area contributed by atoms with E-state index in [1.54, 1.807) is 6.08 Å². The van der Waals surface area contributed by atoms with Crippen LogP contribution in [0.1, 0.15) is 335 Å². The van der Waals surface area contributed by atoms with Crippen molar-refractivity contribution in [1.29, 1.82) is 0 Å². The third kappa shape index (κ3) is 53.7. The van der Waals surface area contributed by atoms with Crippen LogP contribution in [0.15, 0.2) is 24.3 Å². The fourth-order valence-corrected chi connectivity index (χ4v) is 9.51. The number of carbonyl (C=O) groups is 2. The number of aliphatic hydroxyl groups excluding tert-OH is 2. The van der Waals surface area contributed by atoms with Gasteiger partial charge >= 0.3 is 5.97 Å². The summed E-state index contributed by atoms with van der Waals surface area (Å²) in [5.74, 6) is -0.0579. The molecule has 6 nitrogen and oxygen atoms in total. The van der Waals surface area contributed by atoms with Gasteiger partial charge in [-0.3, -0.25) is 9.59 Å². The highest BCUT2D eigenvalue weighted by Gasteiger charge is 2.18. The van der Waals surface area contributed by atoms with E-state index < -0.39 is 12.1 Å². The second kappa shape index (κ2) is 57.9. The highest BCUT2D eigenvalue weighted by atomic mass is 16.5. The molecule has 0 saturated heterocycles. The van der Waals surface area contributed by atoms with Gasteiger partial charge in [0.25, 0.3) is 0 Å². The summed E-state index contributed by atoms with van der Waals surface area (Å²) < 4.78 is 5.48. The molecular formula is C62H119NO5. The molecule has 0 radical (unpaired) electrons. The van der Waals surface area contributed by atoms with Crippen LogP contribution < -0.4 is 5.32 Å². The van der Waals surface area contributed by atoms with Crippen LogP contribution in [0.4, 0.5) is 0 Å². The van der Waals surface area contributed by atoms with E-state index in [1.807, 2.05) is 6.08 Å². The fourth-order valence-electron chi connectivity index (χ4n) is 9.51. The Morgan fingerprint density at radius 2 is 0.691 bits per heavy atom. The second-order valence-corrected chi connectivity index (χ2v) is 21.0. The largest absolute Gasteiger partial charge is 0.466 e. The van der Waals surface area contributed by atoms with E-state index in [9.17, 15) is 19.8 Å². The van der Waals surface area contributed by atoms with Gasteiger partial charge in [0.2, 0.25) is 5.91 Å². The summed E-state index contributed by atoms with van der Waals surface area (Å²) in [6.07, 6.45) is 70.9. The van der Waals surface area contributed by atoms with E-state index in [-0.39, 0.29) is 18.5 Å². The number of unbranched alkanes of at least 4 members (excludes halogenated alkanes) is 44. The first-order valence-corrected chi connectivity index (χ1v) is 30.6. The number of carbonyl (C=O) groups excluding carboxylic acids is 2. The summed E-state index contributed by atoms with van der Waals surface area (Å²) in [5, 5.41) is 23.0. The van der Waals surface area contributed by atoms with Crippen LogP contribution in [0, 0.1) is 0 Å². The minimum atomic E-state index is -0.840. The minimum absolute atomic E-state index is 0.00898. The SMILES string of the molecule is CCCCCCCC/C=C\CCCCCCCC(=O)OCCCCCCCCCCCCCCCCCCCCCCCCCCCCC(=O)NC(CO)C(O)/C=C/CCCCCCCCCC. The Bertz CT molecular complexity index is 1060. The Morgan fingerprint density at radius 1 is 0.397 bits per heavy atom. The predicted octanol–water partition coefficient (Wildman–Crippen LogP) is 19.0. The zero-order chi connectivity index (χ0) is 49.3. The van der Waals surface area contributed by atoms with Crippen molar-refractivity contribution >= 4 is 11.9 Å². The molecule has 0 spiro atoms. The lowest BCUT2D eigenvalue weighted by atomic mass is 10.0. The lowest BCUT2D eigenvalue weighted by Gasteiger charge is -2.20. The molecule has 0 heterocycles. The van der Waals surface area contributed by atoms with Crippen LogP contribution in [0.25, 0.3) is 0 Å². The molecule has 402 valence electrons. The molecule has 0 aliphatic carbocycles. The van der Waals surface area contributed by atoms with Crippen LogP contribution in [-0.4, -0.2) is 47.4 Å². The molecule has 0 aromatic heterocycles. The molecule has 2 unspecified atom stereocenters. The third-order valence-electron chi connectivity index (χ3n) is 14.2. The number of rotatable bonds is 57. The van der Waals surface area contributed by atoms with E-state index in [0.717, 1.165) is 44.9 Å². The van der Waals surface area contributed by atoms with Gasteiger partial charge in [-0.25, -0.2) is 0 Å². The Kier molecular flexibility index (Phi) is 56.5. The summed E-state index contributed by atoms with van der Waals surface area (Å²) in [5.41, 5.74) is 0. The molecule has 3 N–H and O–H groups in total. The smallest absolute Gasteiger partial charge is 0.305 e. The van der Waals surface area contributed by atoms with Crippen molar-refractivity contribution in [2.24, 2.45) is 0 Å². The van der Waals surface area contributed by atoms with E-state index >= 15 is 0 Å². The number of aliphatic hydroxyl groups is 2. The lowest BCUT2D eigenvalue weighted by Crippen LogP contribution is -2.45. The van der Waals surface area contributed by atoms with Crippen LogP contribution >= 0.6 is 0 Å². The minimum Gasteiger partial charge on any atom is -0.466 e. The van der Waals surface area contributed by atoms with Crippen molar-refractivity contribution in [3.8, 4) is 0 Å². The summed E-state index contributed by atoms with van der Waals surface area (Å²) in [4.78, 5) is 24.5. The monoisotopic (exact) mass is 958 g/mol. The standard InChI is InChI=1S/C62H119NO5/c1-3-5-7-9-11-13-15-16-29-33-36-40-44-48-52-56-62(67)68-57-53-49-45-41-37-34-31-28-26-24-22-20-18-17-19-21-23-25-27-30-32-35-39-43-47-51-55-61(66)63-59(58-64)60(65)54-50-46-42-38-14-12-10-8-6-4-2/h16,29,50,54,59-60,64-65H,3-15,17-28,30-49,51-53,55-58H2,1-2H3,(H,63,66)/b29-16-,54-50+. The van der Waals surface area contributed by atoms with Crippen molar-refractivity contribution in [1.82, 2.24) is 5.32 Å². The second-order valence-electron chi connectivity index (χ2n) is 21.0. The van der Waals surface area contributed by atoms with Gasteiger partial charge in [-0.1, -0.05) is 289 Å². The summed E-state index contributed by atoms with van der Waals surface area (Å²) >= 11 is 0. The highest BCUT2D eigenvalue weighted by Crippen LogP contribution is 2.18. The van der Waals surface area contributed by atoms with Gasteiger partial charge in [0.1, 0.15) is 0 Å². The number of hydrogen-bond acceptors (Lipinski definition) is 5. The van der Waals surface area contributed by atoms with Crippen molar-refractivity contribution in [2.45, 2.75) is 347 Å². The summed E-state index contributed by atoms with van der Waals surface area (Å²) in [6.45, 7) is 4.89. The van der Waals surface area contributed by atoms with Crippen LogP contribution in [0.5, 0.6) is 0 Å². The maximum Gasteiger partial charge on any atom is 0.305 e. The van der Waals surface area contributed by atoms with E-state index in [4.69, 9.17) is 4.74 Å². The molecule has 0 aliphatic rings. The number of ether oxygens (including phenoxy) is 1. The predicted molar refractivity (Wildman–Crippen MR) is 296 cm³/mol. The van der Waals surface area contributed by atoms with Gasteiger partial charge in [-0.15, -0.1) is 0 Å². The van der Waals surface area contributed by atoms with Crippen molar-refractivity contribution in [3.05, 3.63) is 24.3 Å². The van der Waals surface area contributed by atoms with Gasteiger partial charge in [0, 0.05) is 12.8 Å². The molecule has 0 fully saturated rings. The topological polar surface area (TPSA) is 95.9 Å². The maximum atomic E-state index is 12.4. The van der Waals surface area contributed by atoms with Gasteiger partial charge in [-0.05, 0) is 57.8 Å². The van der Waals surface area contributed by atoms with E-state index in [1.165, 1.54) is 263 Å². The Labute approximate surface area is 424 Å². The number of allylic oxidation sites excluding steroid dienone is 3. The third-order valence-corrected chi connectivity index (χ3v) is 14.2. The fraction of sp³-hybridized carbons (Fsp3) is 0.903. The van der Waals surface area contributed by atoms with Crippen LogP contribution in [0.2, 0.25) is 0 Å². The first-order chi connectivity index (χ1) is 33.5. The molecule has 1 amide bonds. The Morgan fingerprint density at radius 3 is 1.04 bits per heavy atom. The average Bonchev–Trinajstić information content (AvgIpc) is 3.34. The first kappa shape index (κ1) is 66.3. The normalized spacial score (nSPS) is 12.7. The van der Waals surface area contributed by atoms with Gasteiger partial charge < -0.3 is 20.3 Å². The van der Waals surface area contributed by atoms with Crippen molar-refractivity contribution in [3.63, 3.8) is 0 Å². The molecule has 0 aliphatic heterocycles. The highest BCUT2D eigenvalue weighted by molar-refractivity contribution is 5.76. The molecule has 68 heavy (non-hydrogen) atoms. The van der Waals surface area contributed by atoms with E-state index in [0.29, 0.717) is 19.4 Å². The molecule has 2 atom stereocenters. The van der Waals surface area contributed by atoms with Crippen molar-refractivity contribution < 1.29 is 24.5 Å². The number of amides is 1. The Hall–Kier alpha value is -1.66. The zero-order valence-corrected chi connectivity index (χ0v) is 45.9. The van der Waals surface area contributed by atoms with Gasteiger partial charge in [0.05, 0.1) is 25.4 Å². The quantitative estimate of drug-likeness (QED) is 0.0321. The number of hydrogen-bond donors (Lipinski definition) is 3. The molecule has 0 aromatic rings. The maximum absolute atomic E-state index is 12.4. The molecule has 0 bridgehead atoms. The zero-order valence-electron chi connectivity index (χ0n) is 45.9. The Balaban J connectivity index is 3.34. The van der Waals surface area contributed by atoms with Gasteiger partial charge in [-0.2, -0.15) is 0 Å². The lowest BCUT2D eigenvalue weighted by molar-refractivity contribution is -0.143. The number of esters is 1. The molecule has 0 saturated carbocycles. The molecule has 6 heteroatoms. The van der Waals surface area contributed by atoms with E-state index in [2.05, 4.69) is 31.3 Å². The molecule has 0 aromatic carbocycles. The van der Waals surface area contributed by atoms with Crippen LogP contribution in [0.3, 0.4) is 0 Å². The van der Waals surface area contributed by atoms with Crippen LogP contribution in [-0.2, 0) is 14.3 Å². The summed E-state index contributed by atoms with van der Waals surface area (Å²) in [6, 6.07) is -0.624. The molecule has 0 rings (SSSR count). The molecular weight excluding hydrogens is 839 g/mol. The summed E-state index contributed by atoms with van der Waals surface area (Å²) in [7, 11) is 0.